The predicted molar refractivity (Wildman–Crippen MR) is 140 cm³/mol. The van der Waals surface area contributed by atoms with Crippen molar-refractivity contribution in [2.45, 2.75) is 39.1 Å². The normalized spacial score (nSPS) is 14.1. The molecule has 0 fully saturated rings. The van der Waals surface area contributed by atoms with E-state index in [9.17, 15) is 4.79 Å². The molecule has 2 unspecified atom stereocenters. The molecule has 0 saturated carbocycles. The van der Waals surface area contributed by atoms with Gasteiger partial charge in [-0.05, 0) is 51.0 Å². The molecule has 0 aliphatic heterocycles. The largest absolute Gasteiger partial charge is 0.513 e. The highest BCUT2D eigenvalue weighted by Crippen LogP contribution is 2.32. The summed E-state index contributed by atoms with van der Waals surface area (Å²) < 4.78 is 12.0. The minimum atomic E-state index is -1.25. The fourth-order valence-corrected chi connectivity index (χ4v) is 3.86. The van der Waals surface area contributed by atoms with E-state index in [2.05, 4.69) is 20.6 Å². The zero-order valence-electron chi connectivity index (χ0n) is 20.9. The van der Waals surface area contributed by atoms with Crippen molar-refractivity contribution < 1.29 is 14.3 Å². The minimum Gasteiger partial charge on any atom is -0.403 e. The fraction of sp³-hybridized carbons (Fsp3) is 0.207. The van der Waals surface area contributed by atoms with Crippen molar-refractivity contribution in [3.05, 3.63) is 120 Å². The lowest BCUT2D eigenvalue weighted by Crippen LogP contribution is -2.43. The summed E-state index contributed by atoms with van der Waals surface area (Å²) in [7, 11) is 0. The van der Waals surface area contributed by atoms with Crippen LogP contribution in [0.15, 0.2) is 97.3 Å². The summed E-state index contributed by atoms with van der Waals surface area (Å²) in [4.78, 5) is 22.2. The Kier molecular flexibility index (Phi) is 7.20. The third-order valence-electron chi connectivity index (χ3n) is 5.96. The summed E-state index contributed by atoms with van der Waals surface area (Å²) in [6, 6.07) is 26.4. The van der Waals surface area contributed by atoms with Crippen LogP contribution in [0.1, 0.15) is 36.1 Å². The average molecular weight is 483 g/mol. The lowest BCUT2D eigenvalue weighted by Gasteiger charge is -2.35. The molecular formula is C29H30N4O3. The number of aromatic nitrogens is 2. The average Bonchev–Trinajstić information content (AvgIpc) is 2.88. The van der Waals surface area contributed by atoms with Crippen molar-refractivity contribution in [2.75, 3.05) is 10.6 Å². The second-order valence-electron chi connectivity index (χ2n) is 8.84. The van der Waals surface area contributed by atoms with Crippen LogP contribution < -0.4 is 10.6 Å². The van der Waals surface area contributed by atoms with Crippen LogP contribution in [0, 0.1) is 13.8 Å². The van der Waals surface area contributed by atoms with Crippen LogP contribution in [-0.4, -0.2) is 16.1 Å². The van der Waals surface area contributed by atoms with Crippen LogP contribution in [-0.2, 0) is 20.9 Å². The Morgan fingerprint density at radius 1 is 0.639 bits per heavy atom. The van der Waals surface area contributed by atoms with Gasteiger partial charge in [0.1, 0.15) is 11.6 Å². The van der Waals surface area contributed by atoms with Gasteiger partial charge >= 0.3 is 6.16 Å². The van der Waals surface area contributed by atoms with E-state index in [1.807, 2.05) is 98.8 Å². The lowest BCUT2D eigenvalue weighted by molar-refractivity contribution is -0.0572. The van der Waals surface area contributed by atoms with E-state index in [0.717, 1.165) is 22.3 Å². The van der Waals surface area contributed by atoms with Gasteiger partial charge in [-0.1, -0.05) is 72.8 Å². The maximum Gasteiger partial charge on any atom is 0.513 e. The molecule has 2 aromatic carbocycles. The standard InChI is InChI=1S/C29H30N4O3/c1-21-13-11-19-30-25(21)32-28(3,23-15-7-5-8-16-23)35-27(34)36-29(4,24-17-9-6-10-18-24)33-26-22(2)14-12-20-31-26/h5-20H,1-4H3,(H,30,32)(H,31,33). The van der Waals surface area contributed by atoms with E-state index >= 15 is 0 Å². The van der Waals surface area contributed by atoms with E-state index in [-0.39, 0.29) is 0 Å². The fourth-order valence-electron chi connectivity index (χ4n) is 3.86. The summed E-state index contributed by atoms with van der Waals surface area (Å²) in [5, 5.41) is 6.58. The second kappa shape index (κ2) is 10.5. The molecule has 0 radical (unpaired) electrons. The van der Waals surface area contributed by atoms with Gasteiger partial charge in [0.05, 0.1) is 0 Å². The first-order chi connectivity index (χ1) is 17.3. The smallest absolute Gasteiger partial charge is 0.403 e. The van der Waals surface area contributed by atoms with Crippen molar-refractivity contribution in [1.82, 2.24) is 9.97 Å². The highest BCUT2D eigenvalue weighted by atomic mass is 16.8. The molecule has 0 aliphatic carbocycles. The summed E-state index contributed by atoms with van der Waals surface area (Å²) in [5.41, 5.74) is 0.798. The molecule has 4 aromatic rings. The Labute approximate surface area is 211 Å². The molecule has 36 heavy (non-hydrogen) atoms. The van der Waals surface area contributed by atoms with Crippen molar-refractivity contribution in [1.29, 1.82) is 0 Å². The predicted octanol–water partition coefficient (Wildman–Crippen LogP) is 6.52. The molecule has 2 heterocycles. The van der Waals surface area contributed by atoms with Crippen molar-refractivity contribution in [2.24, 2.45) is 0 Å². The van der Waals surface area contributed by atoms with Gasteiger partial charge in [-0.15, -0.1) is 0 Å². The summed E-state index contributed by atoms with van der Waals surface area (Å²) in [6.07, 6.45) is 2.50. The molecule has 7 nitrogen and oxygen atoms in total. The number of nitrogens with one attached hydrogen (secondary N) is 2. The van der Waals surface area contributed by atoms with Gasteiger partial charge in [0, 0.05) is 23.5 Å². The van der Waals surface area contributed by atoms with E-state index in [4.69, 9.17) is 9.47 Å². The van der Waals surface area contributed by atoms with Crippen LogP contribution >= 0.6 is 0 Å². The molecule has 0 saturated heterocycles. The molecule has 0 spiro atoms. The summed E-state index contributed by atoms with van der Waals surface area (Å²) in [5.74, 6) is 1.20. The van der Waals surface area contributed by atoms with Gasteiger partial charge in [-0.2, -0.15) is 0 Å². The molecule has 7 heteroatoms. The zero-order chi connectivity index (χ0) is 25.6. The quantitative estimate of drug-likeness (QED) is 0.218. The maximum atomic E-state index is 13.4. The Hall–Kier alpha value is -4.39. The molecule has 184 valence electrons. The molecule has 0 bridgehead atoms. The number of carbonyl (C=O) groups is 1. The number of pyridine rings is 2. The number of carbonyl (C=O) groups excluding carboxylic acids is 1. The number of rotatable bonds is 8. The highest BCUT2D eigenvalue weighted by molar-refractivity contribution is 5.64. The first kappa shape index (κ1) is 24.7. The monoisotopic (exact) mass is 482 g/mol. The van der Waals surface area contributed by atoms with Gasteiger partial charge in [0.25, 0.3) is 0 Å². The molecule has 0 amide bonds. The molecule has 4 rings (SSSR count). The van der Waals surface area contributed by atoms with Crippen molar-refractivity contribution in [3.63, 3.8) is 0 Å². The van der Waals surface area contributed by atoms with Crippen LogP contribution in [0.5, 0.6) is 0 Å². The first-order valence-corrected chi connectivity index (χ1v) is 11.7. The molecular weight excluding hydrogens is 452 g/mol. The number of hydrogen-bond donors (Lipinski definition) is 2. The molecule has 2 N–H and O–H groups in total. The number of ether oxygens (including phenoxy) is 2. The number of nitrogens with zero attached hydrogens (tertiary/aromatic N) is 2. The SMILES string of the molecule is Cc1cccnc1NC(C)(OC(=O)OC(C)(Nc1ncccc1C)c1ccccc1)c1ccccc1. The number of hydrogen-bond acceptors (Lipinski definition) is 7. The van der Waals surface area contributed by atoms with Gasteiger partial charge in [0.15, 0.2) is 0 Å². The zero-order valence-corrected chi connectivity index (χ0v) is 20.9. The van der Waals surface area contributed by atoms with Crippen LogP contribution in [0.3, 0.4) is 0 Å². The Morgan fingerprint density at radius 2 is 1.03 bits per heavy atom. The molecule has 2 atom stereocenters. The van der Waals surface area contributed by atoms with Gasteiger partial charge in [-0.25, -0.2) is 14.8 Å². The van der Waals surface area contributed by atoms with E-state index in [1.165, 1.54) is 0 Å². The van der Waals surface area contributed by atoms with Crippen molar-refractivity contribution in [3.8, 4) is 0 Å². The van der Waals surface area contributed by atoms with Gasteiger partial charge < -0.3 is 20.1 Å². The Balaban J connectivity index is 1.65. The van der Waals surface area contributed by atoms with Crippen LogP contribution in [0.25, 0.3) is 0 Å². The Bertz CT molecular complexity index is 1220. The highest BCUT2D eigenvalue weighted by Gasteiger charge is 2.38. The van der Waals surface area contributed by atoms with Crippen LogP contribution in [0.4, 0.5) is 16.4 Å². The summed E-state index contributed by atoms with van der Waals surface area (Å²) in [6.45, 7) is 7.41. The topological polar surface area (TPSA) is 85.4 Å². The third-order valence-corrected chi connectivity index (χ3v) is 5.96. The van der Waals surface area contributed by atoms with Crippen molar-refractivity contribution >= 4 is 17.8 Å². The van der Waals surface area contributed by atoms with Gasteiger partial charge in [-0.3, -0.25) is 0 Å². The molecule has 2 aromatic heterocycles. The second-order valence-corrected chi connectivity index (χ2v) is 8.84. The van der Waals surface area contributed by atoms with Gasteiger partial charge in [0.2, 0.25) is 11.4 Å². The van der Waals surface area contributed by atoms with E-state index in [0.29, 0.717) is 11.6 Å². The lowest BCUT2D eigenvalue weighted by atomic mass is 10.0. The summed E-state index contributed by atoms with van der Waals surface area (Å²) >= 11 is 0. The molecule has 0 aliphatic rings. The van der Waals surface area contributed by atoms with E-state index in [1.54, 1.807) is 26.2 Å². The van der Waals surface area contributed by atoms with E-state index < -0.39 is 17.6 Å². The minimum absolute atomic E-state index is 0.602. The third kappa shape index (κ3) is 5.63. The number of anilines is 2. The first-order valence-electron chi connectivity index (χ1n) is 11.7. The number of benzene rings is 2. The number of aryl methyl sites for hydroxylation is 2. The maximum absolute atomic E-state index is 13.4. The Morgan fingerprint density at radius 3 is 1.39 bits per heavy atom. The van der Waals surface area contributed by atoms with Crippen LogP contribution in [0.2, 0.25) is 0 Å².